The van der Waals surface area contributed by atoms with Crippen molar-refractivity contribution in [1.29, 1.82) is 0 Å². The molecule has 16 heavy (non-hydrogen) atoms. The number of nitrogens with two attached hydrogens (primary N) is 1. The number of amides is 2. The summed E-state index contributed by atoms with van der Waals surface area (Å²) in [5.74, 6) is 0.759. The van der Waals surface area contributed by atoms with Crippen LogP contribution in [-0.4, -0.2) is 29.1 Å². The summed E-state index contributed by atoms with van der Waals surface area (Å²) in [4.78, 5) is 12.6. The topological polar surface area (TPSA) is 66.6 Å². The summed E-state index contributed by atoms with van der Waals surface area (Å²) >= 11 is 0. The van der Waals surface area contributed by atoms with Crippen LogP contribution >= 0.6 is 0 Å². The first-order chi connectivity index (χ1) is 7.66. The lowest BCUT2D eigenvalue weighted by molar-refractivity contribution is 0.190. The van der Waals surface area contributed by atoms with Gasteiger partial charge in [-0.1, -0.05) is 12.1 Å². The Kier molecular flexibility index (Phi) is 2.99. The summed E-state index contributed by atoms with van der Waals surface area (Å²) < 4.78 is 0. The highest BCUT2D eigenvalue weighted by atomic mass is 16.3. The summed E-state index contributed by atoms with van der Waals surface area (Å²) in [5.41, 5.74) is 6.45. The lowest BCUT2D eigenvalue weighted by Crippen LogP contribution is -2.41. The number of rotatable bonds is 1. The highest BCUT2D eigenvalue weighted by molar-refractivity contribution is 5.72. The molecule has 2 amide bonds. The summed E-state index contributed by atoms with van der Waals surface area (Å²) in [6, 6.07) is 6.97. The molecule has 86 valence electrons. The normalized spacial score (nSPS) is 17.4. The first kappa shape index (κ1) is 10.8. The monoisotopic (exact) mass is 220 g/mol. The number of likely N-dealkylation sites (tertiary alicyclic amines) is 1. The van der Waals surface area contributed by atoms with Gasteiger partial charge in [-0.15, -0.1) is 0 Å². The maximum atomic E-state index is 11.0. The summed E-state index contributed by atoms with van der Waals surface area (Å²) in [5, 5.41) is 9.20. The van der Waals surface area contributed by atoms with Crippen LogP contribution < -0.4 is 5.73 Å². The predicted molar refractivity (Wildman–Crippen MR) is 61.2 cm³/mol. The lowest BCUT2D eigenvalue weighted by Gasteiger charge is -2.30. The van der Waals surface area contributed by atoms with Gasteiger partial charge in [-0.3, -0.25) is 0 Å². The maximum Gasteiger partial charge on any atom is 0.314 e. The van der Waals surface area contributed by atoms with Crippen molar-refractivity contribution in [3.05, 3.63) is 29.8 Å². The molecule has 0 aliphatic carbocycles. The van der Waals surface area contributed by atoms with Crippen molar-refractivity contribution in [1.82, 2.24) is 4.90 Å². The minimum absolute atomic E-state index is 0.290. The Labute approximate surface area is 94.7 Å². The predicted octanol–water partition coefficient (Wildman–Crippen LogP) is 1.65. The van der Waals surface area contributed by atoms with E-state index in [1.807, 2.05) is 12.1 Å². The van der Waals surface area contributed by atoms with E-state index < -0.39 is 0 Å². The fraction of sp³-hybridized carbons (Fsp3) is 0.417. The van der Waals surface area contributed by atoms with Gasteiger partial charge in [-0.25, -0.2) is 4.79 Å². The van der Waals surface area contributed by atoms with Gasteiger partial charge in [0.15, 0.2) is 0 Å². The number of benzene rings is 1. The standard InChI is InChI=1S/C12H16N2O2/c13-12(16)14-7-5-10(6-8-14)9-1-3-11(15)4-2-9/h1-4,10,15H,5-8H2,(H2,13,16). The van der Waals surface area contributed by atoms with Gasteiger partial charge < -0.3 is 15.7 Å². The number of hydrogen-bond donors (Lipinski definition) is 2. The molecule has 0 unspecified atom stereocenters. The molecular weight excluding hydrogens is 204 g/mol. The number of nitrogens with zero attached hydrogens (tertiary/aromatic N) is 1. The molecule has 1 aliphatic rings. The molecule has 1 aliphatic heterocycles. The Morgan fingerprint density at radius 1 is 1.25 bits per heavy atom. The number of carbonyl (C=O) groups is 1. The van der Waals surface area contributed by atoms with Crippen LogP contribution in [0.4, 0.5) is 4.79 Å². The molecule has 1 fully saturated rings. The largest absolute Gasteiger partial charge is 0.508 e. The van der Waals surface area contributed by atoms with E-state index in [-0.39, 0.29) is 6.03 Å². The third-order valence-corrected chi connectivity index (χ3v) is 3.17. The fourth-order valence-corrected chi connectivity index (χ4v) is 2.18. The van der Waals surface area contributed by atoms with E-state index >= 15 is 0 Å². The van der Waals surface area contributed by atoms with Gasteiger partial charge in [0, 0.05) is 13.1 Å². The second-order valence-corrected chi connectivity index (χ2v) is 4.19. The molecule has 1 heterocycles. The van der Waals surface area contributed by atoms with Gasteiger partial charge in [-0.05, 0) is 36.5 Å². The zero-order valence-electron chi connectivity index (χ0n) is 9.10. The smallest absolute Gasteiger partial charge is 0.314 e. The van der Waals surface area contributed by atoms with E-state index in [2.05, 4.69) is 0 Å². The van der Waals surface area contributed by atoms with Gasteiger partial charge >= 0.3 is 6.03 Å². The Morgan fingerprint density at radius 3 is 2.31 bits per heavy atom. The second kappa shape index (κ2) is 4.43. The number of aromatic hydroxyl groups is 1. The molecule has 1 aromatic carbocycles. The number of carbonyl (C=O) groups excluding carboxylic acids is 1. The maximum absolute atomic E-state index is 11.0. The highest BCUT2D eigenvalue weighted by Gasteiger charge is 2.22. The van der Waals surface area contributed by atoms with Crippen LogP contribution in [-0.2, 0) is 0 Å². The second-order valence-electron chi connectivity index (χ2n) is 4.19. The number of urea groups is 1. The van der Waals surface area contributed by atoms with Crippen LogP contribution in [0.25, 0.3) is 0 Å². The molecule has 0 radical (unpaired) electrons. The zero-order chi connectivity index (χ0) is 11.5. The molecule has 0 spiro atoms. The van der Waals surface area contributed by atoms with Crippen molar-refractivity contribution in [2.24, 2.45) is 5.73 Å². The van der Waals surface area contributed by atoms with Crippen molar-refractivity contribution in [2.75, 3.05) is 13.1 Å². The minimum atomic E-state index is -0.329. The highest BCUT2D eigenvalue weighted by Crippen LogP contribution is 2.28. The van der Waals surface area contributed by atoms with E-state index in [0.29, 0.717) is 11.7 Å². The SMILES string of the molecule is NC(=O)N1CCC(c2ccc(O)cc2)CC1. The van der Waals surface area contributed by atoms with Crippen LogP contribution in [0, 0.1) is 0 Å². The third-order valence-electron chi connectivity index (χ3n) is 3.17. The van der Waals surface area contributed by atoms with Gasteiger partial charge in [-0.2, -0.15) is 0 Å². The number of primary amides is 1. The fourth-order valence-electron chi connectivity index (χ4n) is 2.18. The van der Waals surface area contributed by atoms with E-state index in [9.17, 15) is 9.90 Å². The van der Waals surface area contributed by atoms with Gasteiger partial charge in [0.1, 0.15) is 5.75 Å². The number of phenols is 1. The van der Waals surface area contributed by atoms with E-state index in [4.69, 9.17) is 5.73 Å². The minimum Gasteiger partial charge on any atom is -0.508 e. The Morgan fingerprint density at radius 2 is 1.81 bits per heavy atom. The van der Waals surface area contributed by atoms with Gasteiger partial charge in [0.25, 0.3) is 0 Å². The van der Waals surface area contributed by atoms with Crippen molar-refractivity contribution < 1.29 is 9.90 Å². The van der Waals surface area contributed by atoms with Crippen LogP contribution in [0.5, 0.6) is 5.75 Å². The molecule has 3 N–H and O–H groups in total. The average Bonchev–Trinajstić information content (AvgIpc) is 2.30. The average molecular weight is 220 g/mol. The summed E-state index contributed by atoms with van der Waals surface area (Å²) in [6.45, 7) is 1.45. The Bertz CT molecular complexity index is 367. The number of phenolic OH excluding ortho intramolecular Hbond substituents is 1. The van der Waals surface area contributed by atoms with Crippen molar-refractivity contribution in [3.8, 4) is 5.75 Å². The molecule has 2 rings (SSSR count). The van der Waals surface area contributed by atoms with E-state index in [1.54, 1.807) is 17.0 Å². The van der Waals surface area contributed by atoms with Crippen molar-refractivity contribution in [2.45, 2.75) is 18.8 Å². The molecule has 0 bridgehead atoms. The molecule has 4 nitrogen and oxygen atoms in total. The van der Waals surface area contributed by atoms with E-state index in [1.165, 1.54) is 5.56 Å². The van der Waals surface area contributed by atoms with Gasteiger partial charge in [0.2, 0.25) is 0 Å². The Balaban J connectivity index is 1.99. The van der Waals surface area contributed by atoms with Crippen molar-refractivity contribution >= 4 is 6.03 Å². The number of hydrogen-bond acceptors (Lipinski definition) is 2. The summed E-state index contributed by atoms with van der Waals surface area (Å²) in [7, 11) is 0. The lowest BCUT2D eigenvalue weighted by atomic mass is 9.89. The van der Waals surface area contributed by atoms with E-state index in [0.717, 1.165) is 25.9 Å². The molecule has 0 saturated carbocycles. The first-order valence-electron chi connectivity index (χ1n) is 5.50. The summed E-state index contributed by atoms with van der Waals surface area (Å²) in [6.07, 6.45) is 1.88. The first-order valence-corrected chi connectivity index (χ1v) is 5.50. The zero-order valence-corrected chi connectivity index (χ0v) is 9.10. The molecule has 4 heteroatoms. The van der Waals surface area contributed by atoms with Crippen molar-refractivity contribution in [3.63, 3.8) is 0 Å². The van der Waals surface area contributed by atoms with Gasteiger partial charge in [0.05, 0.1) is 0 Å². The molecule has 1 aromatic rings. The molecule has 0 aromatic heterocycles. The van der Waals surface area contributed by atoms with Crippen LogP contribution in [0.15, 0.2) is 24.3 Å². The molecular formula is C12H16N2O2. The molecule has 0 atom stereocenters. The quantitative estimate of drug-likeness (QED) is 0.755. The third kappa shape index (κ3) is 2.27. The Hall–Kier alpha value is -1.71. The van der Waals surface area contributed by atoms with Crippen LogP contribution in [0.2, 0.25) is 0 Å². The van der Waals surface area contributed by atoms with Crippen LogP contribution in [0.3, 0.4) is 0 Å². The number of piperidine rings is 1. The van der Waals surface area contributed by atoms with Crippen LogP contribution in [0.1, 0.15) is 24.3 Å². The molecule has 1 saturated heterocycles.